The highest BCUT2D eigenvalue weighted by Gasteiger charge is 2.22. The quantitative estimate of drug-likeness (QED) is 0.788. The minimum Gasteiger partial charge on any atom is -0.395 e. The third-order valence-corrected chi connectivity index (χ3v) is 5.13. The fraction of sp³-hybridized carbons (Fsp3) is 0.333. The van der Waals surface area contributed by atoms with Crippen LogP contribution in [-0.2, 0) is 0 Å². The first-order valence-corrected chi connectivity index (χ1v) is 8.72. The van der Waals surface area contributed by atoms with Gasteiger partial charge >= 0.3 is 0 Å². The smallest absolute Gasteiger partial charge is 0.0558 e. The maximum Gasteiger partial charge on any atom is 0.0558 e. The third kappa shape index (κ3) is 4.23. The Bertz CT molecular complexity index is 605. The highest BCUT2D eigenvalue weighted by Crippen LogP contribution is 2.47. The van der Waals surface area contributed by atoms with E-state index in [0.717, 1.165) is 13.1 Å². The molecule has 4 nitrogen and oxygen atoms in total. The lowest BCUT2D eigenvalue weighted by atomic mass is 10.2. The molecule has 130 valence electrons. The number of halogens is 1. The van der Waals surface area contributed by atoms with Gasteiger partial charge in [-0.25, -0.2) is 0 Å². The molecule has 2 N–H and O–H groups in total. The third-order valence-electron chi connectivity index (χ3n) is 4.00. The number of anilines is 2. The summed E-state index contributed by atoms with van der Waals surface area (Å²) in [4.78, 5) is 6.96. The molecule has 1 aliphatic heterocycles. The molecule has 0 amide bonds. The zero-order chi connectivity index (χ0) is 16.1. The number of hydrogen-bond acceptors (Lipinski definition) is 5. The zero-order valence-electron chi connectivity index (χ0n) is 13.5. The van der Waals surface area contributed by atoms with Crippen molar-refractivity contribution < 1.29 is 10.2 Å². The number of para-hydroxylation sites is 2. The Kier molecular flexibility index (Phi) is 7.40. The first kappa shape index (κ1) is 19.1. The van der Waals surface area contributed by atoms with Crippen molar-refractivity contribution >= 4 is 35.5 Å². The van der Waals surface area contributed by atoms with Gasteiger partial charge in [0, 0.05) is 36.0 Å². The van der Waals surface area contributed by atoms with E-state index in [1.807, 2.05) is 0 Å². The van der Waals surface area contributed by atoms with Gasteiger partial charge in [-0.05, 0) is 24.3 Å². The van der Waals surface area contributed by atoms with E-state index >= 15 is 0 Å². The average molecular weight is 367 g/mol. The lowest BCUT2D eigenvalue weighted by Gasteiger charge is -2.34. The summed E-state index contributed by atoms with van der Waals surface area (Å²) in [6.07, 6.45) is 0. The molecule has 0 spiro atoms. The summed E-state index contributed by atoms with van der Waals surface area (Å²) in [5.74, 6) is 0. The van der Waals surface area contributed by atoms with Crippen LogP contribution in [0.4, 0.5) is 11.4 Å². The summed E-state index contributed by atoms with van der Waals surface area (Å²) in [7, 11) is 0. The van der Waals surface area contributed by atoms with Crippen molar-refractivity contribution in [2.45, 2.75) is 9.79 Å². The first-order valence-electron chi connectivity index (χ1n) is 7.91. The summed E-state index contributed by atoms with van der Waals surface area (Å²) in [5, 5.41) is 18.4. The second-order valence-corrected chi connectivity index (χ2v) is 6.56. The standard InChI is InChI=1S/C18H22N2O2S.ClH/c21-13-11-19(12-14-22)9-10-20-15-5-1-3-7-17(15)23-18-8-4-2-6-16(18)20;/h1-8,21-22H,9-14H2;1H. The second kappa shape index (κ2) is 9.30. The van der Waals surface area contributed by atoms with E-state index in [4.69, 9.17) is 0 Å². The molecule has 0 fully saturated rings. The van der Waals surface area contributed by atoms with Gasteiger partial charge in [-0.15, -0.1) is 12.4 Å². The van der Waals surface area contributed by atoms with Gasteiger partial charge in [-0.1, -0.05) is 36.0 Å². The normalized spacial score (nSPS) is 12.5. The number of aliphatic hydroxyl groups excluding tert-OH is 2. The van der Waals surface area contributed by atoms with E-state index in [2.05, 4.69) is 58.3 Å². The molecule has 0 unspecified atom stereocenters. The van der Waals surface area contributed by atoms with Gasteiger partial charge in [-0.2, -0.15) is 0 Å². The molecule has 0 aliphatic carbocycles. The Morgan fingerprint density at radius 3 is 1.79 bits per heavy atom. The van der Waals surface area contributed by atoms with Gasteiger partial charge in [0.2, 0.25) is 0 Å². The van der Waals surface area contributed by atoms with Crippen LogP contribution in [0.5, 0.6) is 0 Å². The van der Waals surface area contributed by atoms with Crippen molar-refractivity contribution in [1.82, 2.24) is 4.90 Å². The van der Waals surface area contributed by atoms with Crippen LogP contribution in [-0.4, -0.2) is 54.5 Å². The van der Waals surface area contributed by atoms with Crippen LogP contribution < -0.4 is 4.90 Å². The maximum absolute atomic E-state index is 9.18. The average Bonchev–Trinajstić information content (AvgIpc) is 2.59. The topological polar surface area (TPSA) is 46.9 Å². The number of aliphatic hydroxyl groups is 2. The lowest BCUT2D eigenvalue weighted by Crippen LogP contribution is -2.37. The molecular formula is C18H23ClN2O2S. The van der Waals surface area contributed by atoms with Crippen LogP contribution in [0.25, 0.3) is 0 Å². The van der Waals surface area contributed by atoms with Crippen LogP contribution in [0, 0.1) is 0 Å². The molecule has 0 saturated heterocycles. The molecule has 3 rings (SSSR count). The molecule has 24 heavy (non-hydrogen) atoms. The van der Waals surface area contributed by atoms with E-state index in [1.54, 1.807) is 11.8 Å². The lowest BCUT2D eigenvalue weighted by molar-refractivity contribution is 0.164. The number of nitrogens with zero attached hydrogens (tertiary/aromatic N) is 2. The van der Waals surface area contributed by atoms with Gasteiger partial charge in [0.15, 0.2) is 0 Å². The van der Waals surface area contributed by atoms with Crippen LogP contribution in [0.15, 0.2) is 58.3 Å². The van der Waals surface area contributed by atoms with E-state index in [-0.39, 0.29) is 25.6 Å². The molecule has 0 atom stereocenters. The minimum absolute atomic E-state index is 0. The molecular weight excluding hydrogens is 344 g/mol. The van der Waals surface area contributed by atoms with Crippen molar-refractivity contribution in [3.8, 4) is 0 Å². The number of fused-ring (bicyclic) bond motifs is 2. The molecule has 1 heterocycles. The Labute approximate surface area is 153 Å². The SMILES string of the molecule is Cl.OCCN(CCO)CCN1c2ccccc2Sc2ccccc21. The molecule has 2 aromatic carbocycles. The molecule has 0 saturated carbocycles. The Morgan fingerprint density at radius 2 is 1.29 bits per heavy atom. The van der Waals surface area contributed by atoms with Gasteiger partial charge in [0.25, 0.3) is 0 Å². The predicted octanol–water partition coefficient (Wildman–Crippen LogP) is 3.00. The summed E-state index contributed by atoms with van der Waals surface area (Å²) >= 11 is 1.81. The van der Waals surface area contributed by atoms with E-state index in [0.29, 0.717) is 13.1 Å². The van der Waals surface area contributed by atoms with Crippen molar-refractivity contribution in [1.29, 1.82) is 0 Å². The first-order chi connectivity index (χ1) is 11.3. The fourth-order valence-corrected chi connectivity index (χ4v) is 3.98. The summed E-state index contributed by atoms with van der Waals surface area (Å²) < 4.78 is 0. The van der Waals surface area contributed by atoms with E-state index in [1.165, 1.54) is 21.2 Å². The van der Waals surface area contributed by atoms with Crippen molar-refractivity contribution in [3.63, 3.8) is 0 Å². The van der Waals surface area contributed by atoms with Crippen LogP contribution in [0.1, 0.15) is 0 Å². The monoisotopic (exact) mass is 366 g/mol. The summed E-state index contributed by atoms with van der Waals surface area (Å²) in [6.45, 7) is 3.04. The fourth-order valence-electron chi connectivity index (χ4n) is 2.88. The van der Waals surface area contributed by atoms with Crippen molar-refractivity contribution in [2.24, 2.45) is 0 Å². The van der Waals surface area contributed by atoms with Gasteiger partial charge in [0.05, 0.1) is 24.6 Å². The van der Waals surface area contributed by atoms with Crippen molar-refractivity contribution in [2.75, 3.05) is 44.3 Å². The maximum atomic E-state index is 9.18. The number of benzene rings is 2. The highest BCUT2D eigenvalue weighted by atomic mass is 35.5. The predicted molar refractivity (Wildman–Crippen MR) is 102 cm³/mol. The summed E-state index contributed by atoms with van der Waals surface area (Å²) in [5.41, 5.74) is 2.45. The minimum atomic E-state index is 0. The van der Waals surface area contributed by atoms with Gasteiger partial charge < -0.3 is 15.1 Å². The van der Waals surface area contributed by atoms with Crippen LogP contribution in [0.3, 0.4) is 0 Å². The summed E-state index contributed by atoms with van der Waals surface area (Å²) in [6, 6.07) is 16.9. The van der Waals surface area contributed by atoms with Crippen molar-refractivity contribution in [3.05, 3.63) is 48.5 Å². The highest BCUT2D eigenvalue weighted by molar-refractivity contribution is 7.99. The van der Waals surface area contributed by atoms with Crippen LogP contribution in [0.2, 0.25) is 0 Å². The molecule has 0 aromatic heterocycles. The van der Waals surface area contributed by atoms with Crippen LogP contribution >= 0.6 is 24.2 Å². The zero-order valence-corrected chi connectivity index (χ0v) is 15.1. The molecule has 6 heteroatoms. The Morgan fingerprint density at radius 1 is 0.792 bits per heavy atom. The van der Waals surface area contributed by atoms with E-state index in [9.17, 15) is 10.2 Å². The molecule has 2 aromatic rings. The van der Waals surface area contributed by atoms with E-state index < -0.39 is 0 Å². The molecule has 1 aliphatic rings. The van der Waals surface area contributed by atoms with Gasteiger partial charge in [-0.3, -0.25) is 4.90 Å². The van der Waals surface area contributed by atoms with Gasteiger partial charge in [0.1, 0.15) is 0 Å². The second-order valence-electron chi connectivity index (χ2n) is 5.48. The number of rotatable bonds is 7. The largest absolute Gasteiger partial charge is 0.395 e. The Hall–Kier alpha value is -1.24. The molecule has 0 radical (unpaired) electrons. The molecule has 0 bridgehead atoms. The Balaban J connectivity index is 0.00000208. The number of hydrogen-bond donors (Lipinski definition) is 2.